The first-order valence-corrected chi connectivity index (χ1v) is 9.87. The molecular formula is C19H26F4N4O3. The van der Waals surface area contributed by atoms with E-state index in [2.05, 4.69) is 19.8 Å². The molecule has 1 aliphatic carbocycles. The van der Waals surface area contributed by atoms with Crippen LogP contribution in [0.3, 0.4) is 0 Å². The molecule has 4 rings (SSSR count). The molecule has 168 valence electrons. The van der Waals surface area contributed by atoms with Crippen LogP contribution >= 0.6 is 0 Å². The molecule has 0 unspecified atom stereocenters. The number of anilines is 1. The zero-order valence-corrected chi connectivity index (χ0v) is 16.7. The largest absolute Gasteiger partial charge is 0.490 e. The zero-order chi connectivity index (χ0) is 21.9. The number of likely N-dealkylation sites (tertiary alicyclic amines) is 1. The molecule has 3 fully saturated rings. The third kappa shape index (κ3) is 5.57. The average molecular weight is 434 g/mol. The van der Waals surface area contributed by atoms with E-state index < -0.39 is 12.1 Å². The van der Waals surface area contributed by atoms with Crippen molar-refractivity contribution in [1.29, 1.82) is 0 Å². The van der Waals surface area contributed by atoms with E-state index in [9.17, 15) is 17.6 Å². The summed E-state index contributed by atoms with van der Waals surface area (Å²) in [6, 6.07) is 0. The van der Waals surface area contributed by atoms with Gasteiger partial charge in [-0.05, 0) is 25.2 Å². The summed E-state index contributed by atoms with van der Waals surface area (Å²) in [4.78, 5) is 22.1. The van der Waals surface area contributed by atoms with Gasteiger partial charge in [0.25, 0.3) is 0 Å². The van der Waals surface area contributed by atoms with Crippen LogP contribution in [0.2, 0.25) is 0 Å². The number of carboxylic acids is 1. The molecule has 1 aromatic rings. The van der Waals surface area contributed by atoms with Gasteiger partial charge in [-0.3, -0.25) is 0 Å². The Hall–Kier alpha value is -2.01. The van der Waals surface area contributed by atoms with Gasteiger partial charge in [0.2, 0.25) is 5.95 Å². The van der Waals surface area contributed by atoms with Crippen molar-refractivity contribution in [2.45, 2.75) is 25.4 Å². The molecule has 0 amide bonds. The average Bonchev–Trinajstić information content (AvgIpc) is 3.29. The third-order valence-corrected chi connectivity index (χ3v) is 5.98. The van der Waals surface area contributed by atoms with Crippen LogP contribution in [0.4, 0.5) is 23.5 Å². The van der Waals surface area contributed by atoms with Crippen molar-refractivity contribution in [3.8, 4) is 0 Å². The maximum atomic E-state index is 13.0. The standard InChI is InChI=1S/C17H25FN4O.C2HF3O2/c1-23-10-14-9-21(8-13-2-3-13)11-17(14)4-5-22(12-17)16-19-6-15(18)7-20-16;3-2(4,5)1(6)7/h6-7,13-14H,2-5,8-12H2,1H3;(H,6,7)/t14-,17+;/m0./s1. The van der Waals surface area contributed by atoms with Crippen molar-refractivity contribution in [1.82, 2.24) is 14.9 Å². The van der Waals surface area contributed by atoms with Crippen molar-refractivity contribution in [2.75, 3.05) is 51.3 Å². The zero-order valence-electron chi connectivity index (χ0n) is 16.7. The number of aliphatic carboxylic acids is 1. The molecule has 0 radical (unpaired) electrons. The highest BCUT2D eigenvalue weighted by Crippen LogP contribution is 2.45. The fraction of sp³-hybridized carbons (Fsp3) is 0.737. The van der Waals surface area contributed by atoms with E-state index in [0.717, 1.165) is 45.1 Å². The van der Waals surface area contributed by atoms with Gasteiger partial charge in [0.05, 0.1) is 19.0 Å². The van der Waals surface area contributed by atoms with E-state index in [-0.39, 0.29) is 11.2 Å². The number of rotatable bonds is 5. The molecule has 1 N–H and O–H groups in total. The van der Waals surface area contributed by atoms with Crippen molar-refractivity contribution >= 4 is 11.9 Å². The highest BCUT2D eigenvalue weighted by atomic mass is 19.4. The van der Waals surface area contributed by atoms with Crippen molar-refractivity contribution in [3.05, 3.63) is 18.2 Å². The maximum Gasteiger partial charge on any atom is 0.490 e. The molecule has 2 aliphatic heterocycles. The lowest BCUT2D eigenvalue weighted by atomic mass is 9.78. The van der Waals surface area contributed by atoms with Crippen LogP contribution in [-0.2, 0) is 9.53 Å². The number of hydrogen-bond donors (Lipinski definition) is 1. The molecule has 0 bridgehead atoms. The number of nitrogens with zero attached hydrogens (tertiary/aromatic N) is 4. The quantitative estimate of drug-likeness (QED) is 0.713. The highest BCUT2D eigenvalue weighted by molar-refractivity contribution is 5.73. The molecule has 2 saturated heterocycles. The Morgan fingerprint density at radius 2 is 1.93 bits per heavy atom. The summed E-state index contributed by atoms with van der Waals surface area (Å²) >= 11 is 0. The van der Waals surface area contributed by atoms with Crippen LogP contribution in [0.25, 0.3) is 0 Å². The van der Waals surface area contributed by atoms with E-state index >= 15 is 0 Å². The second kappa shape index (κ2) is 9.01. The summed E-state index contributed by atoms with van der Waals surface area (Å²) in [5.74, 6) is -0.994. The van der Waals surface area contributed by atoms with Crippen LogP contribution in [0.15, 0.2) is 12.4 Å². The van der Waals surface area contributed by atoms with Gasteiger partial charge in [0.1, 0.15) is 0 Å². The summed E-state index contributed by atoms with van der Waals surface area (Å²) in [7, 11) is 1.80. The SMILES string of the molecule is COC[C@@H]1CN(CC2CC2)C[C@@]12CCN(c1ncc(F)cn1)C2.O=C(O)C(F)(F)F. The molecule has 1 saturated carbocycles. The van der Waals surface area contributed by atoms with E-state index in [1.54, 1.807) is 7.11 Å². The summed E-state index contributed by atoms with van der Waals surface area (Å²) < 4.78 is 50.3. The molecule has 1 spiro atoms. The monoisotopic (exact) mass is 434 g/mol. The number of methoxy groups -OCH3 is 1. The van der Waals surface area contributed by atoms with Gasteiger partial charge in [0, 0.05) is 51.2 Å². The number of carbonyl (C=O) groups is 1. The fourth-order valence-electron chi connectivity index (χ4n) is 4.38. The molecular weight excluding hydrogens is 408 g/mol. The molecule has 11 heteroatoms. The lowest BCUT2D eigenvalue weighted by Gasteiger charge is -2.30. The molecule has 1 aromatic heterocycles. The Morgan fingerprint density at radius 1 is 1.30 bits per heavy atom. The second-order valence-electron chi connectivity index (χ2n) is 8.33. The smallest absolute Gasteiger partial charge is 0.475 e. The summed E-state index contributed by atoms with van der Waals surface area (Å²) in [6.07, 6.45) is 1.37. The third-order valence-electron chi connectivity index (χ3n) is 5.98. The van der Waals surface area contributed by atoms with E-state index in [0.29, 0.717) is 11.9 Å². The van der Waals surface area contributed by atoms with Crippen LogP contribution in [0.1, 0.15) is 19.3 Å². The van der Waals surface area contributed by atoms with Crippen molar-refractivity contribution in [2.24, 2.45) is 17.3 Å². The molecule has 0 aromatic carbocycles. The van der Waals surface area contributed by atoms with Crippen LogP contribution < -0.4 is 4.90 Å². The van der Waals surface area contributed by atoms with Crippen LogP contribution in [0, 0.1) is 23.1 Å². The minimum atomic E-state index is -5.08. The Morgan fingerprint density at radius 3 is 2.47 bits per heavy atom. The number of carboxylic acid groups (broad SMARTS) is 1. The Labute approximate surface area is 172 Å². The molecule has 7 nitrogen and oxygen atoms in total. The van der Waals surface area contributed by atoms with Gasteiger partial charge in [-0.2, -0.15) is 13.2 Å². The summed E-state index contributed by atoms with van der Waals surface area (Å²) in [5.41, 5.74) is 0.267. The van der Waals surface area contributed by atoms with Crippen LogP contribution in [-0.4, -0.2) is 78.6 Å². The molecule has 3 aliphatic rings. The predicted molar refractivity (Wildman–Crippen MR) is 99.5 cm³/mol. The molecule has 2 atom stereocenters. The maximum absolute atomic E-state index is 13.0. The topological polar surface area (TPSA) is 78.8 Å². The van der Waals surface area contributed by atoms with Gasteiger partial charge in [-0.1, -0.05) is 0 Å². The van der Waals surface area contributed by atoms with Gasteiger partial charge < -0.3 is 19.6 Å². The lowest BCUT2D eigenvalue weighted by molar-refractivity contribution is -0.192. The number of aromatic nitrogens is 2. The first-order valence-electron chi connectivity index (χ1n) is 9.87. The second-order valence-corrected chi connectivity index (χ2v) is 8.33. The van der Waals surface area contributed by atoms with E-state index in [4.69, 9.17) is 14.6 Å². The van der Waals surface area contributed by atoms with E-state index in [1.165, 1.54) is 31.8 Å². The predicted octanol–water partition coefficient (Wildman–Crippen LogP) is 2.43. The summed E-state index contributed by atoms with van der Waals surface area (Å²) in [5, 5.41) is 7.12. The number of halogens is 4. The number of alkyl halides is 3. The van der Waals surface area contributed by atoms with Gasteiger partial charge in [-0.25, -0.2) is 19.2 Å². The Bertz CT molecular complexity index is 729. The first-order chi connectivity index (χ1) is 14.1. The van der Waals surface area contributed by atoms with Gasteiger partial charge in [0.15, 0.2) is 5.82 Å². The van der Waals surface area contributed by atoms with Crippen molar-refractivity contribution in [3.63, 3.8) is 0 Å². The highest BCUT2D eigenvalue weighted by Gasteiger charge is 2.51. The molecule has 3 heterocycles. The van der Waals surface area contributed by atoms with Crippen molar-refractivity contribution < 1.29 is 32.2 Å². The van der Waals surface area contributed by atoms with E-state index in [1.807, 2.05) is 0 Å². The Kier molecular flexibility index (Phi) is 6.81. The lowest BCUT2D eigenvalue weighted by Crippen LogP contribution is -2.36. The van der Waals surface area contributed by atoms with Crippen LogP contribution in [0.5, 0.6) is 0 Å². The minimum absolute atomic E-state index is 0.267. The first kappa shape index (κ1) is 22.7. The number of hydrogen-bond acceptors (Lipinski definition) is 6. The Balaban J connectivity index is 0.000000318. The molecule has 30 heavy (non-hydrogen) atoms. The van der Waals surface area contributed by atoms with Gasteiger partial charge >= 0.3 is 12.1 Å². The number of ether oxygens (including phenoxy) is 1. The summed E-state index contributed by atoms with van der Waals surface area (Å²) in [6.45, 7) is 6.25. The minimum Gasteiger partial charge on any atom is -0.475 e. The normalized spacial score (nSPS) is 26.7. The van der Waals surface area contributed by atoms with Gasteiger partial charge in [-0.15, -0.1) is 0 Å². The fourth-order valence-corrected chi connectivity index (χ4v) is 4.38.